The number of amides is 1. The molecule has 0 radical (unpaired) electrons. The van der Waals surface area contributed by atoms with Crippen molar-refractivity contribution in [3.8, 4) is 0 Å². The fraction of sp³-hybridized carbons (Fsp3) is 0.462. The molecule has 1 aliphatic rings. The van der Waals surface area contributed by atoms with E-state index >= 15 is 0 Å². The highest BCUT2D eigenvalue weighted by Gasteiger charge is 2.23. The van der Waals surface area contributed by atoms with Crippen LogP contribution in [-0.4, -0.2) is 18.5 Å². The Labute approximate surface area is 110 Å². The molecule has 92 valence electrons. The van der Waals surface area contributed by atoms with Crippen LogP contribution in [-0.2, 0) is 4.79 Å². The smallest absolute Gasteiger partial charge is 0.237 e. The van der Waals surface area contributed by atoms with Crippen LogP contribution in [0.4, 0.5) is 0 Å². The summed E-state index contributed by atoms with van der Waals surface area (Å²) in [5, 5.41) is 6.25. The van der Waals surface area contributed by atoms with Gasteiger partial charge in [0.15, 0.2) is 0 Å². The maximum absolute atomic E-state index is 11.9. The molecule has 4 heteroatoms. The number of carbonyl (C=O) groups is 1. The number of benzene rings is 1. The second-order valence-electron chi connectivity index (χ2n) is 4.43. The minimum atomic E-state index is -0.00963. The molecule has 1 heterocycles. The van der Waals surface area contributed by atoms with Gasteiger partial charge >= 0.3 is 0 Å². The molecule has 1 aromatic rings. The maximum atomic E-state index is 11.9. The molecule has 2 rings (SSSR count). The van der Waals surface area contributed by atoms with Crippen LogP contribution in [0.15, 0.2) is 28.7 Å². The summed E-state index contributed by atoms with van der Waals surface area (Å²) in [6.45, 7) is 2.96. The zero-order valence-electron chi connectivity index (χ0n) is 9.87. The highest BCUT2D eigenvalue weighted by atomic mass is 79.9. The summed E-state index contributed by atoms with van der Waals surface area (Å²) in [4.78, 5) is 11.9. The van der Waals surface area contributed by atoms with E-state index in [1.54, 1.807) is 0 Å². The Morgan fingerprint density at radius 1 is 1.59 bits per heavy atom. The first-order chi connectivity index (χ1) is 8.16. The highest BCUT2D eigenvalue weighted by Crippen LogP contribution is 2.18. The van der Waals surface area contributed by atoms with E-state index in [-0.39, 0.29) is 18.0 Å². The van der Waals surface area contributed by atoms with E-state index in [1.165, 1.54) is 0 Å². The van der Waals surface area contributed by atoms with Crippen molar-refractivity contribution in [2.45, 2.75) is 31.8 Å². The van der Waals surface area contributed by atoms with Gasteiger partial charge in [0.2, 0.25) is 5.91 Å². The average Bonchev–Trinajstić information content (AvgIpc) is 2.82. The molecule has 0 aliphatic carbocycles. The summed E-state index contributed by atoms with van der Waals surface area (Å²) < 4.78 is 1.04. The molecule has 0 unspecified atom stereocenters. The molecular weight excluding hydrogens is 280 g/mol. The Balaban J connectivity index is 1.96. The number of hydrogen-bond donors (Lipinski definition) is 2. The zero-order chi connectivity index (χ0) is 12.3. The fourth-order valence-corrected chi connectivity index (χ4v) is 2.50. The molecule has 3 nitrogen and oxygen atoms in total. The van der Waals surface area contributed by atoms with E-state index in [9.17, 15) is 4.79 Å². The highest BCUT2D eigenvalue weighted by molar-refractivity contribution is 9.10. The second-order valence-corrected chi connectivity index (χ2v) is 5.35. The molecule has 0 spiro atoms. The summed E-state index contributed by atoms with van der Waals surface area (Å²) in [6.07, 6.45) is 2.03. The van der Waals surface area contributed by atoms with Crippen molar-refractivity contribution in [1.29, 1.82) is 0 Å². The van der Waals surface area contributed by atoms with Crippen LogP contribution in [0.3, 0.4) is 0 Å². The minimum absolute atomic E-state index is 0.00963. The van der Waals surface area contributed by atoms with Gasteiger partial charge in [-0.2, -0.15) is 0 Å². The first-order valence-corrected chi connectivity index (χ1v) is 6.75. The van der Waals surface area contributed by atoms with Crippen molar-refractivity contribution in [2.75, 3.05) is 6.54 Å². The zero-order valence-corrected chi connectivity index (χ0v) is 11.5. The Morgan fingerprint density at radius 2 is 2.41 bits per heavy atom. The van der Waals surface area contributed by atoms with Gasteiger partial charge in [-0.25, -0.2) is 0 Å². The van der Waals surface area contributed by atoms with Gasteiger partial charge in [-0.05, 0) is 44.0 Å². The molecule has 1 saturated heterocycles. The topological polar surface area (TPSA) is 41.1 Å². The Kier molecular flexibility index (Phi) is 4.18. The number of halogens is 1. The van der Waals surface area contributed by atoms with Gasteiger partial charge < -0.3 is 10.6 Å². The predicted octanol–water partition coefficient (Wildman–Crippen LogP) is 2.38. The quantitative estimate of drug-likeness (QED) is 0.899. The van der Waals surface area contributed by atoms with Crippen LogP contribution in [0.5, 0.6) is 0 Å². The molecule has 0 aromatic heterocycles. The first-order valence-electron chi connectivity index (χ1n) is 5.96. The van der Waals surface area contributed by atoms with Crippen LogP contribution in [0, 0.1) is 0 Å². The van der Waals surface area contributed by atoms with Gasteiger partial charge in [-0.1, -0.05) is 28.1 Å². The summed E-state index contributed by atoms with van der Waals surface area (Å²) in [5.74, 6) is 0.106. The molecule has 2 atom stereocenters. The molecule has 1 fully saturated rings. The summed E-state index contributed by atoms with van der Waals surface area (Å²) in [7, 11) is 0. The number of rotatable bonds is 3. The molecule has 0 saturated carbocycles. The third kappa shape index (κ3) is 3.30. The van der Waals surface area contributed by atoms with Crippen LogP contribution in [0.2, 0.25) is 0 Å². The molecule has 1 amide bonds. The number of hydrogen-bond acceptors (Lipinski definition) is 2. The van der Waals surface area contributed by atoms with Gasteiger partial charge in [0, 0.05) is 4.47 Å². The van der Waals surface area contributed by atoms with Gasteiger partial charge in [-0.15, -0.1) is 0 Å². The van der Waals surface area contributed by atoms with Crippen LogP contribution in [0.25, 0.3) is 0 Å². The average molecular weight is 297 g/mol. The summed E-state index contributed by atoms with van der Waals surface area (Å²) in [5.41, 5.74) is 1.12. The van der Waals surface area contributed by atoms with Crippen molar-refractivity contribution in [3.63, 3.8) is 0 Å². The van der Waals surface area contributed by atoms with E-state index in [2.05, 4.69) is 26.6 Å². The van der Waals surface area contributed by atoms with Gasteiger partial charge in [0.25, 0.3) is 0 Å². The summed E-state index contributed by atoms with van der Waals surface area (Å²) >= 11 is 3.44. The van der Waals surface area contributed by atoms with Crippen molar-refractivity contribution in [3.05, 3.63) is 34.3 Å². The molecule has 2 N–H and O–H groups in total. The monoisotopic (exact) mass is 296 g/mol. The maximum Gasteiger partial charge on any atom is 0.237 e. The second kappa shape index (κ2) is 5.65. The first kappa shape index (κ1) is 12.6. The largest absolute Gasteiger partial charge is 0.348 e. The van der Waals surface area contributed by atoms with E-state index in [4.69, 9.17) is 0 Å². The predicted molar refractivity (Wildman–Crippen MR) is 71.7 cm³/mol. The third-order valence-electron chi connectivity index (χ3n) is 3.08. The van der Waals surface area contributed by atoms with E-state index in [0.717, 1.165) is 29.4 Å². The lowest BCUT2D eigenvalue weighted by Crippen LogP contribution is -2.41. The van der Waals surface area contributed by atoms with Crippen molar-refractivity contribution < 1.29 is 4.79 Å². The summed E-state index contributed by atoms with van der Waals surface area (Å²) in [6, 6.07) is 8.06. The number of nitrogens with one attached hydrogen (secondary N) is 2. The number of carbonyl (C=O) groups excluding carboxylic acids is 1. The Hall–Kier alpha value is -0.870. The van der Waals surface area contributed by atoms with Crippen molar-refractivity contribution in [1.82, 2.24) is 10.6 Å². The SMILES string of the molecule is C[C@H](NC(=O)[C@@H]1CCCN1)c1cccc(Br)c1. The lowest BCUT2D eigenvalue weighted by Gasteiger charge is -2.17. The van der Waals surface area contributed by atoms with Crippen LogP contribution < -0.4 is 10.6 Å². The molecule has 0 bridgehead atoms. The minimum Gasteiger partial charge on any atom is -0.348 e. The normalized spacial score (nSPS) is 21.2. The Bertz CT molecular complexity index is 402. The molecule has 1 aromatic carbocycles. The van der Waals surface area contributed by atoms with Crippen LogP contribution >= 0.6 is 15.9 Å². The van der Waals surface area contributed by atoms with Crippen molar-refractivity contribution in [2.24, 2.45) is 0 Å². The van der Waals surface area contributed by atoms with Crippen LogP contribution in [0.1, 0.15) is 31.4 Å². The Morgan fingerprint density at radius 3 is 3.06 bits per heavy atom. The molecule has 17 heavy (non-hydrogen) atoms. The molecular formula is C13H17BrN2O. The van der Waals surface area contributed by atoms with Gasteiger partial charge in [0.05, 0.1) is 12.1 Å². The lowest BCUT2D eigenvalue weighted by atomic mass is 10.1. The lowest BCUT2D eigenvalue weighted by molar-refractivity contribution is -0.123. The van der Waals surface area contributed by atoms with E-state index in [0.29, 0.717) is 0 Å². The molecule has 1 aliphatic heterocycles. The fourth-order valence-electron chi connectivity index (χ4n) is 2.08. The van der Waals surface area contributed by atoms with E-state index in [1.807, 2.05) is 31.2 Å². The van der Waals surface area contributed by atoms with Gasteiger partial charge in [-0.3, -0.25) is 4.79 Å². The third-order valence-corrected chi connectivity index (χ3v) is 3.58. The standard InChI is InChI=1S/C13H17BrN2O/c1-9(10-4-2-5-11(14)8-10)16-13(17)12-6-3-7-15-12/h2,4-5,8-9,12,15H,3,6-7H2,1H3,(H,16,17)/t9-,12-/m0/s1. The van der Waals surface area contributed by atoms with Gasteiger partial charge in [0.1, 0.15) is 0 Å². The van der Waals surface area contributed by atoms with Crippen molar-refractivity contribution >= 4 is 21.8 Å². The van der Waals surface area contributed by atoms with E-state index < -0.39 is 0 Å².